The zero-order valence-corrected chi connectivity index (χ0v) is 11.1. The molecule has 100 valence electrons. The molecule has 1 aromatic rings. The van der Waals surface area contributed by atoms with Crippen LogP contribution < -0.4 is 15.4 Å². The van der Waals surface area contributed by atoms with Gasteiger partial charge in [0, 0.05) is 39.3 Å². The van der Waals surface area contributed by atoms with Crippen LogP contribution >= 0.6 is 0 Å². The Morgan fingerprint density at radius 1 is 1.17 bits per heavy atom. The smallest absolute Gasteiger partial charge is 0.142 e. The monoisotopic (exact) mass is 249 g/mol. The Bertz CT molecular complexity index is 362. The third-order valence-corrected chi connectivity index (χ3v) is 3.32. The number of anilines is 1. The first kappa shape index (κ1) is 13.2. The summed E-state index contributed by atoms with van der Waals surface area (Å²) in [6, 6.07) is 8.29. The number of nitrogens with two attached hydrogens (primary N) is 1. The fourth-order valence-electron chi connectivity index (χ4n) is 2.39. The fourth-order valence-corrected chi connectivity index (χ4v) is 2.39. The zero-order valence-electron chi connectivity index (χ0n) is 11.1. The number of rotatable bonds is 5. The van der Waals surface area contributed by atoms with E-state index in [1.807, 2.05) is 19.1 Å². The van der Waals surface area contributed by atoms with Crippen molar-refractivity contribution in [2.75, 3.05) is 50.8 Å². The summed E-state index contributed by atoms with van der Waals surface area (Å²) in [4.78, 5) is 4.82. The van der Waals surface area contributed by atoms with Crippen molar-refractivity contribution in [2.45, 2.75) is 6.92 Å². The maximum atomic E-state index is 5.69. The van der Waals surface area contributed by atoms with Crippen molar-refractivity contribution in [3.8, 4) is 5.75 Å². The van der Waals surface area contributed by atoms with Crippen LogP contribution in [0.15, 0.2) is 24.3 Å². The average Bonchev–Trinajstić information content (AvgIpc) is 2.41. The highest BCUT2D eigenvalue weighted by atomic mass is 16.5. The van der Waals surface area contributed by atoms with Crippen molar-refractivity contribution >= 4 is 5.69 Å². The molecular formula is C14H23N3O. The Morgan fingerprint density at radius 2 is 1.89 bits per heavy atom. The summed E-state index contributed by atoms with van der Waals surface area (Å²) in [5.41, 5.74) is 6.81. The van der Waals surface area contributed by atoms with Gasteiger partial charge in [0.2, 0.25) is 0 Å². The summed E-state index contributed by atoms with van der Waals surface area (Å²) in [6.45, 7) is 8.74. The van der Waals surface area contributed by atoms with Crippen LogP contribution in [0.2, 0.25) is 0 Å². The molecule has 0 aromatic heterocycles. The van der Waals surface area contributed by atoms with Crippen molar-refractivity contribution in [3.63, 3.8) is 0 Å². The minimum Gasteiger partial charge on any atom is -0.492 e. The van der Waals surface area contributed by atoms with E-state index in [-0.39, 0.29) is 0 Å². The number of hydrogen-bond donors (Lipinski definition) is 1. The molecule has 0 aliphatic carbocycles. The van der Waals surface area contributed by atoms with E-state index >= 15 is 0 Å². The standard InChI is InChI=1S/C14H23N3O/c1-2-18-14-6-4-3-5-13(14)17-11-9-16(8-7-15)10-12-17/h3-6H,2,7-12,15H2,1H3. The van der Waals surface area contributed by atoms with E-state index in [1.54, 1.807) is 0 Å². The van der Waals surface area contributed by atoms with Gasteiger partial charge in [0.15, 0.2) is 0 Å². The first-order valence-corrected chi connectivity index (χ1v) is 6.74. The SMILES string of the molecule is CCOc1ccccc1N1CCN(CCN)CC1. The molecule has 2 N–H and O–H groups in total. The summed E-state index contributed by atoms with van der Waals surface area (Å²) in [5, 5.41) is 0. The molecule has 1 saturated heterocycles. The molecule has 0 unspecified atom stereocenters. The van der Waals surface area contributed by atoms with Gasteiger partial charge in [0.05, 0.1) is 12.3 Å². The van der Waals surface area contributed by atoms with Gasteiger partial charge < -0.3 is 15.4 Å². The maximum absolute atomic E-state index is 5.69. The Morgan fingerprint density at radius 3 is 2.56 bits per heavy atom. The van der Waals surface area contributed by atoms with Crippen LogP contribution in [-0.2, 0) is 0 Å². The molecule has 0 bridgehead atoms. The van der Waals surface area contributed by atoms with Crippen molar-refractivity contribution in [1.82, 2.24) is 4.90 Å². The average molecular weight is 249 g/mol. The second kappa shape index (κ2) is 6.61. The van der Waals surface area contributed by atoms with Crippen LogP contribution in [0, 0.1) is 0 Å². The van der Waals surface area contributed by atoms with Crippen LogP contribution in [0.4, 0.5) is 5.69 Å². The first-order valence-electron chi connectivity index (χ1n) is 6.74. The lowest BCUT2D eigenvalue weighted by atomic mass is 10.2. The summed E-state index contributed by atoms with van der Waals surface area (Å²) in [7, 11) is 0. The number of piperazine rings is 1. The number of hydrogen-bond acceptors (Lipinski definition) is 4. The minimum atomic E-state index is 0.712. The van der Waals surface area contributed by atoms with E-state index in [9.17, 15) is 0 Å². The number of para-hydroxylation sites is 2. The van der Waals surface area contributed by atoms with Crippen LogP contribution in [0.25, 0.3) is 0 Å². The molecule has 0 radical (unpaired) electrons. The minimum absolute atomic E-state index is 0.712. The van der Waals surface area contributed by atoms with Gasteiger partial charge in [-0.15, -0.1) is 0 Å². The molecule has 1 fully saturated rings. The summed E-state index contributed by atoms with van der Waals surface area (Å²) in [5.74, 6) is 0.993. The van der Waals surface area contributed by atoms with Crippen molar-refractivity contribution in [3.05, 3.63) is 24.3 Å². The molecule has 1 aromatic carbocycles. The second-order valence-corrected chi connectivity index (χ2v) is 4.52. The van der Waals surface area contributed by atoms with Crippen molar-refractivity contribution in [1.29, 1.82) is 0 Å². The highest BCUT2D eigenvalue weighted by Crippen LogP contribution is 2.28. The lowest BCUT2D eigenvalue weighted by molar-refractivity contribution is 0.263. The molecule has 1 aliphatic heterocycles. The van der Waals surface area contributed by atoms with Gasteiger partial charge in [-0.2, -0.15) is 0 Å². The molecule has 0 atom stereocenters. The van der Waals surface area contributed by atoms with E-state index in [0.717, 1.165) is 45.0 Å². The van der Waals surface area contributed by atoms with Gasteiger partial charge in [0.1, 0.15) is 5.75 Å². The van der Waals surface area contributed by atoms with E-state index in [4.69, 9.17) is 10.5 Å². The van der Waals surface area contributed by atoms with E-state index in [1.165, 1.54) is 5.69 Å². The molecule has 2 rings (SSSR count). The third kappa shape index (κ3) is 3.15. The first-order chi connectivity index (χ1) is 8.85. The predicted molar refractivity (Wildman–Crippen MR) is 75.3 cm³/mol. The van der Waals surface area contributed by atoms with Crippen LogP contribution in [0.1, 0.15) is 6.92 Å². The highest BCUT2D eigenvalue weighted by molar-refractivity contribution is 5.58. The van der Waals surface area contributed by atoms with Crippen molar-refractivity contribution in [2.24, 2.45) is 5.73 Å². The number of benzene rings is 1. The number of ether oxygens (including phenoxy) is 1. The lowest BCUT2D eigenvalue weighted by Crippen LogP contribution is -2.47. The Hall–Kier alpha value is -1.26. The molecule has 4 nitrogen and oxygen atoms in total. The molecule has 1 aliphatic rings. The van der Waals surface area contributed by atoms with Gasteiger partial charge in [-0.1, -0.05) is 12.1 Å². The zero-order chi connectivity index (χ0) is 12.8. The Kier molecular flexibility index (Phi) is 4.84. The topological polar surface area (TPSA) is 41.7 Å². The highest BCUT2D eigenvalue weighted by Gasteiger charge is 2.18. The van der Waals surface area contributed by atoms with Gasteiger partial charge in [-0.25, -0.2) is 0 Å². The van der Waals surface area contributed by atoms with Crippen molar-refractivity contribution < 1.29 is 4.74 Å². The molecule has 1 heterocycles. The quantitative estimate of drug-likeness (QED) is 0.850. The summed E-state index contributed by atoms with van der Waals surface area (Å²) in [6.07, 6.45) is 0. The van der Waals surface area contributed by atoms with Crippen LogP contribution in [0.3, 0.4) is 0 Å². The Labute approximate surface area is 109 Å². The molecular weight excluding hydrogens is 226 g/mol. The predicted octanol–water partition coefficient (Wildman–Crippen LogP) is 1.17. The molecule has 4 heteroatoms. The van der Waals surface area contributed by atoms with E-state index in [0.29, 0.717) is 6.61 Å². The Balaban J connectivity index is 2.00. The van der Waals surface area contributed by atoms with Gasteiger partial charge in [0.25, 0.3) is 0 Å². The fraction of sp³-hybridized carbons (Fsp3) is 0.571. The van der Waals surface area contributed by atoms with Gasteiger partial charge >= 0.3 is 0 Å². The molecule has 18 heavy (non-hydrogen) atoms. The normalized spacial score (nSPS) is 16.9. The summed E-state index contributed by atoms with van der Waals surface area (Å²) >= 11 is 0. The van der Waals surface area contributed by atoms with Gasteiger partial charge in [-0.05, 0) is 19.1 Å². The van der Waals surface area contributed by atoms with E-state index in [2.05, 4.69) is 21.9 Å². The molecule has 0 amide bonds. The van der Waals surface area contributed by atoms with Crippen LogP contribution in [-0.4, -0.2) is 50.8 Å². The molecule has 0 saturated carbocycles. The van der Waals surface area contributed by atoms with Crippen LogP contribution in [0.5, 0.6) is 5.75 Å². The summed E-state index contributed by atoms with van der Waals surface area (Å²) < 4.78 is 5.69. The van der Waals surface area contributed by atoms with E-state index < -0.39 is 0 Å². The lowest BCUT2D eigenvalue weighted by Gasteiger charge is -2.36. The maximum Gasteiger partial charge on any atom is 0.142 e. The number of nitrogens with zero attached hydrogens (tertiary/aromatic N) is 2. The largest absolute Gasteiger partial charge is 0.492 e. The second-order valence-electron chi connectivity index (χ2n) is 4.52. The van der Waals surface area contributed by atoms with Gasteiger partial charge in [-0.3, -0.25) is 4.90 Å². The third-order valence-electron chi connectivity index (χ3n) is 3.32. The molecule has 0 spiro atoms.